The van der Waals surface area contributed by atoms with Gasteiger partial charge in [0.15, 0.2) is 11.4 Å². The minimum absolute atomic E-state index is 0.0674. The van der Waals surface area contributed by atoms with Crippen LogP contribution >= 0.6 is 22.6 Å². The number of aliphatic hydroxyl groups is 3. The molecule has 4 atom stereocenters. The van der Waals surface area contributed by atoms with Gasteiger partial charge >= 0.3 is 0 Å². The number of aryl methyl sites for hydroxylation is 2. The number of halogens is 1. The summed E-state index contributed by atoms with van der Waals surface area (Å²) in [6, 6.07) is 10.3. The van der Waals surface area contributed by atoms with Gasteiger partial charge < -0.3 is 26.2 Å². The number of hydrogen-bond donors (Lipinski definition) is 5. The van der Waals surface area contributed by atoms with E-state index in [-0.39, 0.29) is 29.7 Å². The average Bonchev–Trinajstić information content (AvgIpc) is 2.86. The number of benzene rings is 2. The Bertz CT molecular complexity index is 1480. The Kier molecular flexibility index (Phi) is 6.84. The van der Waals surface area contributed by atoms with Gasteiger partial charge in [-0.15, -0.1) is 0 Å². The average molecular weight is 644 g/mol. The second-order valence-electron chi connectivity index (χ2n) is 10.7. The lowest BCUT2D eigenvalue weighted by Crippen LogP contribution is -2.65. The summed E-state index contributed by atoms with van der Waals surface area (Å²) >= 11 is 2.24. The van der Waals surface area contributed by atoms with Crippen LogP contribution in [0.25, 0.3) is 5.76 Å². The van der Waals surface area contributed by atoms with Gasteiger partial charge in [-0.05, 0) is 103 Å². The molecule has 0 aromatic heterocycles. The molecule has 204 valence electrons. The van der Waals surface area contributed by atoms with Gasteiger partial charge in [0.25, 0.3) is 5.91 Å². The number of nitrogens with zero attached hydrogens (tertiary/aromatic N) is 1. The Labute approximate surface area is 238 Å². The first-order chi connectivity index (χ1) is 18.4. The highest BCUT2D eigenvalue weighted by molar-refractivity contribution is 14.1. The summed E-state index contributed by atoms with van der Waals surface area (Å²) in [6.45, 7) is 0. The van der Waals surface area contributed by atoms with Crippen LogP contribution in [0.4, 0.5) is 0 Å². The molecule has 3 aliphatic carbocycles. The van der Waals surface area contributed by atoms with E-state index < -0.39 is 58.0 Å². The van der Waals surface area contributed by atoms with Gasteiger partial charge in [-0.25, -0.2) is 0 Å². The zero-order valence-corrected chi connectivity index (χ0v) is 23.6. The predicted molar refractivity (Wildman–Crippen MR) is 151 cm³/mol. The van der Waals surface area contributed by atoms with E-state index in [0.29, 0.717) is 12.0 Å². The summed E-state index contributed by atoms with van der Waals surface area (Å²) in [7, 11) is 3.16. The largest absolute Gasteiger partial charge is 0.508 e. The Morgan fingerprint density at radius 2 is 1.74 bits per heavy atom. The summed E-state index contributed by atoms with van der Waals surface area (Å²) < 4.78 is 1.13. The van der Waals surface area contributed by atoms with E-state index in [1.165, 1.54) is 11.0 Å². The van der Waals surface area contributed by atoms with Crippen LogP contribution in [0.2, 0.25) is 0 Å². The van der Waals surface area contributed by atoms with Gasteiger partial charge in [-0.2, -0.15) is 0 Å². The number of amides is 1. The molecule has 39 heavy (non-hydrogen) atoms. The first-order valence-electron chi connectivity index (χ1n) is 12.6. The molecule has 3 aliphatic rings. The van der Waals surface area contributed by atoms with Crippen LogP contribution in [0, 0.1) is 15.4 Å². The summed E-state index contributed by atoms with van der Waals surface area (Å²) in [5, 5.41) is 44.7. The molecular formula is C29H29IN2O7. The smallest absolute Gasteiger partial charge is 0.255 e. The summed E-state index contributed by atoms with van der Waals surface area (Å²) in [4.78, 5) is 40.7. The predicted octanol–water partition coefficient (Wildman–Crippen LogP) is 2.35. The van der Waals surface area contributed by atoms with Gasteiger partial charge in [0.05, 0.1) is 11.6 Å². The lowest BCUT2D eigenvalue weighted by atomic mass is 9.57. The summed E-state index contributed by atoms with van der Waals surface area (Å²) in [6.07, 6.45) is 1.70. The number of carbonyl (C=O) groups is 3. The highest BCUT2D eigenvalue weighted by atomic mass is 127. The number of ketones is 2. The second kappa shape index (κ2) is 9.76. The number of phenols is 1. The molecule has 1 amide bonds. The van der Waals surface area contributed by atoms with Crippen LogP contribution in [0.1, 0.15) is 28.7 Å². The van der Waals surface area contributed by atoms with E-state index >= 15 is 0 Å². The highest BCUT2D eigenvalue weighted by Crippen LogP contribution is 2.53. The Morgan fingerprint density at radius 3 is 2.36 bits per heavy atom. The van der Waals surface area contributed by atoms with E-state index in [1.807, 2.05) is 24.3 Å². The zero-order valence-electron chi connectivity index (χ0n) is 21.4. The molecule has 5 rings (SSSR count). The van der Waals surface area contributed by atoms with Gasteiger partial charge in [-0.1, -0.05) is 18.2 Å². The third kappa shape index (κ3) is 4.16. The first-order valence-corrected chi connectivity index (χ1v) is 13.7. The highest BCUT2D eigenvalue weighted by Gasteiger charge is 2.64. The van der Waals surface area contributed by atoms with Gasteiger partial charge in [0, 0.05) is 15.1 Å². The molecule has 9 nitrogen and oxygen atoms in total. The molecule has 0 radical (unpaired) electrons. The van der Waals surface area contributed by atoms with E-state index in [2.05, 4.69) is 22.6 Å². The first kappa shape index (κ1) is 27.4. The van der Waals surface area contributed by atoms with Gasteiger partial charge in [0.2, 0.25) is 5.78 Å². The number of nitrogens with two attached hydrogens (primary N) is 1. The lowest BCUT2D eigenvalue weighted by molar-refractivity contribution is -0.153. The monoisotopic (exact) mass is 644 g/mol. The van der Waals surface area contributed by atoms with Crippen molar-refractivity contribution in [3.05, 3.63) is 79.1 Å². The molecule has 10 heteroatoms. The Morgan fingerprint density at radius 1 is 1.08 bits per heavy atom. The fraction of sp³-hybridized carbons (Fsp3) is 0.345. The van der Waals surface area contributed by atoms with Crippen molar-refractivity contribution < 1.29 is 34.8 Å². The number of hydrogen-bond acceptors (Lipinski definition) is 8. The Balaban J connectivity index is 1.61. The van der Waals surface area contributed by atoms with Crippen molar-refractivity contribution in [2.24, 2.45) is 17.6 Å². The number of aromatic hydroxyl groups is 1. The number of Topliss-reactive ketones (excluding diaryl/α,β-unsaturated/α-hetero) is 2. The van der Waals surface area contributed by atoms with Gasteiger partial charge in [-0.3, -0.25) is 19.3 Å². The van der Waals surface area contributed by atoms with E-state index in [1.54, 1.807) is 20.2 Å². The molecule has 1 saturated carbocycles. The molecule has 0 bridgehead atoms. The number of rotatable bonds is 5. The molecule has 0 unspecified atom stereocenters. The third-order valence-corrected chi connectivity index (χ3v) is 9.02. The number of aliphatic hydroxyl groups excluding tert-OH is 2. The van der Waals surface area contributed by atoms with Crippen LogP contribution in [-0.4, -0.2) is 68.5 Å². The van der Waals surface area contributed by atoms with E-state index in [4.69, 9.17) is 5.73 Å². The van der Waals surface area contributed by atoms with Crippen molar-refractivity contribution in [2.75, 3.05) is 14.1 Å². The van der Waals surface area contributed by atoms with Gasteiger partial charge in [0.1, 0.15) is 22.8 Å². The van der Waals surface area contributed by atoms with Crippen LogP contribution < -0.4 is 5.73 Å². The minimum Gasteiger partial charge on any atom is -0.508 e. The van der Waals surface area contributed by atoms with Crippen molar-refractivity contribution in [3.63, 3.8) is 0 Å². The zero-order chi connectivity index (χ0) is 28.4. The van der Waals surface area contributed by atoms with Crippen LogP contribution in [0.3, 0.4) is 0 Å². The molecule has 1 fully saturated rings. The standard InChI is InChI=1S/C29H29IN2O7/c1-32(2)23-18-12-15-11-17-14(6-3-13-4-8-16(30)9-5-13)7-10-19(33)21(17)24(34)20(15)26(36)29(18,39)27(37)22(25(23)35)28(31)38/h4-5,7-10,15,18,23,33-34,37,39H,3,6,11-12H2,1-2H3,(H2,31,38)/t15-,18-,23-,29-/m0/s1. The van der Waals surface area contributed by atoms with E-state index in [9.17, 15) is 34.8 Å². The number of fused-ring (bicyclic) bond motifs is 3. The summed E-state index contributed by atoms with van der Waals surface area (Å²) in [5.74, 6) is -6.49. The molecule has 0 aliphatic heterocycles. The maximum absolute atomic E-state index is 13.9. The van der Waals surface area contributed by atoms with Crippen molar-refractivity contribution in [1.82, 2.24) is 4.90 Å². The Hall–Kier alpha value is -3.22. The van der Waals surface area contributed by atoms with Crippen molar-refractivity contribution in [3.8, 4) is 5.75 Å². The van der Waals surface area contributed by atoms with Crippen LogP contribution in [-0.2, 0) is 33.6 Å². The number of phenolic OH excluding ortho intramolecular Hbond substituents is 1. The SMILES string of the molecule is CN(C)[C@@H]1C(=O)C(C(N)=O)=C(O)[C@@]2(O)C(=O)C3=C(O)c4c(O)ccc(CCc5ccc(I)cc5)c4C[C@H]3C[C@@H]12. The van der Waals surface area contributed by atoms with Crippen molar-refractivity contribution in [2.45, 2.75) is 37.3 Å². The quantitative estimate of drug-likeness (QED) is 0.245. The maximum atomic E-state index is 13.9. The normalized spacial score (nSPS) is 26.4. The topological polar surface area (TPSA) is 161 Å². The number of likely N-dealkylation sites (N-methyl/N-ethyl adjacent to an activating group) is 1. The maximum Gasteiger partial charge on any atom is 0.255 e. The fourth-order valence-electron chi connectivity index (χ4n) is 6.47. The van der Waals surface area contributed by atoms with Crippen molar-refractivity contribution >= 4 is 45.8 Å². The van der Waals surface area contributed by atoms with Crippen LogP contribution in [0.15, 0.2) is 53.3 Å². The molecule has 2 aromatic carbocycles. The second-order valence-corrected chi connectivity index (χ2v) is 11.9. The summed E-state index contributed by atoms with van der Waals surface area (Å²) in [5.41, 5.74) is 4.61. The molecule has 6 N–H and O–H groups in total. The fourth-order valence-corrected chi connectivity index (χ4v) is 6.83. The molecule has 0 heterocycles. The third-order valence-electron chi connectivity index (χ3n) is 8.30. The molecular weight excluding hydrogens is 615 g/mol. The minimum atomic E-state index is -2.64. The van der Waals surface area contributed by atoms with Crippen LogP contribution in [0.5, 0.6) is 5.75 Å². The molecule has 0 spiro atoms. The van der Waals surface area contributed by atoms with Crippen molar-refractivity contribution in [1.29, 1.82) is 0 Å². The molecule has 2 aromatic rings. The molecule has 0 saturated heterocycles. The van der Waals surface area contributed by atoms with E-state index in [0.717, 1.165) is 21.1 Å². The number of carbonyl (C=O) groups excluding carboxylic acids is 3. The lowest BCUT2D eigenvalue weighted by Gasteiger charge is -2.50. The number of primary amides is 1.